The number of hydrogen-bond acceptors (Lipinski definition) is 2. The average molecular weight is 260 g/mol. The Labute approximate surface area is 113 Å². The number of rotatable bonds is 4. The Kier molecular flexibility index (Phi) is 3.74. The molecule has 0 aliphatic rings. The first-order valence-corrected chi connectivity index (χ1v) is 6.40. The molecule has 5 heteroatoms. The summed E-state index contributed by atoms with van der Waals surface area (Å²) >= 11 is 0. The average Bonchev–Trinajstić information content (AvgIpc) is 2.94. The molecule has 0 bridgehead atoms. The summed E-state index contributed by atoms with van der Waals surface area (Å²) in [5.41, 5.74) is 0.653. The third kappa shape index (κ3) is 2.70. The number of carbonyl (C=O) groups is 1. The first-order valence-electron chi connectivity index (χ1n) is 6.40. The van der Waals surface area contributed by atoms with Crippen LogP contribution >= 0.6 is 0 Å². The Balaban J connectivity index is 2.21. The Morgan fingerprint density at radius 2 is 2.00 bits per heavy atom. The van der Waals surface area contributed by atoms with Crippen molar-refractivity contribution in [2.24, 2.45) is 20.0 Å². The predicted octanol–water partition coefficient (Wildman–Crippen LogP) is 1.89. The molecule has 2 rings (SSSR count). The van der Waals surface area contributed by atoms with Gasteiger partial charge in [0.2, 0.25) is 0 Å². The molecule has 0 fully saturated rings. The highest BCUT2D eigenvalue weighted by Crippen LogP contribution is 2.20. The van der Waals surface area contributed by atoms with Crippen LogP contribution in [0.2, 0.25) is 0 Å². The summed E-state index contributed by atoms with van der Waals surface area (Å²) < 4.78 is 3.75. The molecule has 0 radical (unpaired) electrons. The lowest BCUT2D eigenvalue weighted by atomic mass is 10.0. The summed E-state index contributed by atoms with van der Waals surface area (Å²) in [5.74, 6) is 1.07. The molecule has 0 spiro atoms. The lowest BCUT2D eigenvalue weighted by Gasteiger charge is -2.22. The van der Waals surface area contributed by atoms with Crippen LogP contribution in [0.25, 0.3) is 0 Å². The maximum Gasteiger partial charge on any atom is 0.268 e. The lowest BCUT2D eigenvalue weighted by molar-refractivity contribution is 0.0914. The highest BCUT2D eigenvalue weighted by atomic mass is 16.2. The first kappa shape index (κ1) is 13.4. The summed E-state index contributed by atoms with van der Waals surface area (Å²) in [7, 11) is 3.80. The second kappa shape index (κ2) is 5.30. The van der Waals surface area contributed by atoms with Crippen molar-refractivity contribution >= 4 is 5.91 Å². The van der Waals surface area contributed by atoms with Crippen molar-refractivity contribution in [3.8, 4) is 0 Å². The maximum atomic E-state index is 12.3. The third-order valence-electron chi connectivity index (χ3n) is 3.27. The molecular weight excluding hydrogens is 240 g/mol. The van der Waals surface area contributed by atoms with Gasteiger partial charge in [-0.1, -0.05) is 13.8 Å². The second-order valence-electron chi connectivity index (χ2n) is 5.10. The van der Waals surface area contributed by atoms with E-state index < -0.39 is 0 Å². The van der Waals surface area contributed by atoms with Gasteiger partial charge in [0.15, 0.2) is 0 Å². The number of imidazole rings is 1. The zero-order chi connectivity index (χ0) is 14.0. The molecule has 0 saturated heterocycles. The quantitative estimate of drug-likeness (QED) is 0.912. The SMILES string of the molecule is CC(C)[C@H](NC(=O)c1cccn1C)c1nccn1C. The number of nitrogens with one attached hydrogen (secondary N) is 1. The molecule has 2 aromatic rings. The number of hydrogen-bond donors (Lipinski definition) is 1. The predicted molar refractivity (Wildman–Crippen MR) is 73.7 cm³/mol. The molecule has 0 aromatic carbocycles. The zero-order valence-corrected chi connectivity index (χ0v) is 11.8. The minimum absolute atomic E-state index is 0.0748. The summed E-state index contributed by atoms with van der Waals surface area (Å²) in [6.45, 7) is 4.15. The monoisotopic (exact) mass is 260 g/mol. The molecule has 2 aromatic heterocycles. The molecule has 2 heterocycles. The summed E-state index contributed by atoms with van der Waals surface area (Å²) in [6, 6.07) is 3.58. The van der Waals surface area contributed by atoms with Crippen LogP contribution in [0, 0.1) is 5.92 Å². The van der Waals surface area contributed by atoms with E-state index in [4.69, 9.17) is 0 Å². The van der Waals surface area contributed by atoms with Crippen molar-refractivity contribution in [2.75, 3.05) is 0 Å². The number of amides is 1. The highest BCUT2D eigenvalue weighted by Gasteiger charge is 2.23. The van der Waals surface area contributed by atoms with E-state index in [1.807, 2.05) is 47.8 Å². The maximum absolute atomic E-state index is 12.3. The fraction of sp³-hybridized carbons (Fsp3) is 0.429. The van der Waals surface area contributed by atoms with Crippen molar-refractivity contribution < 1.29 is 4.79 Å². The zero-order valence-electron chi connectivity index (χ0n) is 11.8. The van der Waals surface area contributed by atoms with Gasteiger partial charge in [-0.15, -0.1) is 0 Å². The van der Waals surface area contributed by atoms with E-state index in [-0.39, 0.29) is 17.9 Å². The van der Waals surface area contributed by atoms with Gasteiger partial charge in [0.05, 0.1) is 6.04 Å². The second-order valence-corrected chi connectivity index (χ2v) is 5.10. The van der Waals surface area contributed by atoms with E-state index in [9.17, 15) is 4.79 Å². The van der Waals surface area contributed by atoms with Crippen LogP contribution in [0.1, 0.15) is 36.2 Å². The highest BCUT2D eigenvalue weighted by molar-refractivity contribution is 5.92. The van der Waals surface area contributed by atoms with Crippen molar-refractivity contribution in [1.29, 1.82) is 0 Å². The molecule has 0 aliphatic carbocycles. The molecule has 1 amide bonds. The van der Waals surface area contributed by atoms with Gasteiger partial charge in [0.1, 0.15) is 11.5 Å². The molecule has 1 atom stereocenters. The van der Waals surface area contributed by atoms with Crippen LogP contribution < -0.4 is 5.32 Å². The van der Waals surface area contributed by atoms with Gasteiger partial charge in [-0.3, -0.25) is 4.79 Å². The molecule has 19 heavy (non-hydrogen) atoms. The van der Waals surface area contributed by atoms with Gasteiger partial charge < -0.3 is 14.5 Å². The van der Waals surface area contributed by atoms with E-state index in [1.54, 1.807) is 6.20 Å². The minimum Gasteiger partial charge on any atom is -0.347 e. The summed E-state index contributed by atoms with van der Waals surface area (Å²) in [5, 5.41) is 3.06. The lowest BCUT2D eigenvalue weighted by Crippen LogP contribution is -2.34. The van der Waals surface area contributed by atoms with E-state index in [2.05, 4.69) is 24.1 Å². The van der Waals surface area contributed by atoms with Gasteiger partial charge in [-0.25, -0.2) is 4.98 Å². The van der Waals surface area contributed by atoms with Crippen molar-refractivity contribution in [3.63, 3.8) is 0 Å². The summed E-state index contributed by atoms with van der Waals surface area (Å²) in [6.07, 6.45) is 5.50. The minimum atomic E-state index is -0.0950. The Bertz CT molecular complexity index is 568. The number of nitrogens with zero attached hydrogens (tertiary/aromatic N) is 3. The summed E-state index contributed by atoms with van der Waals surface area (Å²) in [4.78, 5) is 16.6. The standard InChI is InChI=1S/C14H20N4O/c1-10(2)12(13-15-7-9-18(13)4)16-14(19)11-6-5-8-17(11)3/h5-10,12H,1-4H3,(H,16,19)/t12-/m0/s1. The van der Waals surface area contributed by atoms with Crippen LogP contribution in [0.3, 0.4) is 0 Å². The fourth-order valence-electron chi connectivity index (χ4n) is 2.12. The van der Waals surface area contributed by atoms with Gasteiger partial charge >= 0.3 is 0 Å². The van der Waals surface area contributed by atoms with Crippen LogP contribution in [0.4, 0.5) is 0 Å². The van der Waals surface area contributed by atoms with Crippen molar-refractivity contribution in [1.82, 2.24) is 19.4 Å². The molecule has 0 unspecified atom stereocenters. The third-order valence-corrected chi connectivity index (χ3v) is 3.27. The van der Waals surface area contributed by atoms with Crippen LogP contribution in [-0.2, 0) is 14.1 Å². The van der Waals surface area contributed by atoms with Gasteiger partial charge in [0, 0.05) is 32.7 Å². The van der Waals surface area contributed by atoms with E-state index in [0.29, 0.717) is 5.69 Å². The van der Waals surface area contributed by atoms with Crippen LogP contribution in [-0.4, -0.2) is 20.0 Å². The first-order chi connectivity index (χ1) is 9.00. The van der Waals surface area contributed by atoms with Gasteiger partial charge in [-0.05, 0) is 18.1 Å². The van der Waals surface area contributed by atoms with E-state index in [0.717, 1.165) is 5.82 Å². The molecule has 1 N–H and O–H groups in total. The largest absolute Gasteiger partial charge is 0.347 e. The van der Waals surface area contributed by atoms with Crippen LogP contribution in [0.15, 0.2) is 30.7 Å². The smallest absolute Gasteiger partial charge is 0.268 e. The van der Waals surface area contributed by atoms with Crippen molar-refractivity contribution in [2.45, 2.75) is 19.9 Å². The molecular formula is C14H20N4O. The van der Waals surface area contributed by atoms with Gasteiger partial charge in [-0.2, -0.15) is 0 Å². The fourth-order valence-corrected chi connectivity index (χ4v) is 2.12. The Morgan fingerprint density at radius 3 is 2.47 bits per heavy atom. The van der Waals surface area contributed by atoms with Crippen LogP contribution in [0.5, 0.6) is 0 Å². The molecule has 102 valence electrons. The topological polar surface area (TPSA) is 51.9 Å². The molecule has 0 aliphatic heterocycles. The van der Waals surface area contributed by atoms with E-state index >= 15 is 0 Å². The number of carbonyl (C=O) groups excluding carboxylic acids is 1. The Hall–Kier alpha value is -2.04. The molecule has 0 saturated carbocycles. The van der Waals surface area contributed by atoms with Gasteiger partial charge in [0.25, 0.3) is 5.91 Å². The van der Waals surface area contributed by atoms with E-state index in [1.165, 1.54) is 0 Å². The molecule has 5 nitrogen and oxygen atoms in total. The normalized spacial score (nSPS) is 12.7. The Morgan fingerprint density at radius 1 is 1.26 bits per heavy atom. The number of aromatic nitrogens is 3. The number of aryl methyl sites for hydroxylation is 2. The van der Waals surface area contributed by atoms with Crippen molar-refractivity contribution in [3.05, 3.63) is 42.2 Å².